The van der Waals surface area contributed by atoms with E-state index in [1.54, 1.807) is 14.2 Å². The highest BCUT2D eigenvalue weighted by molar-refractivity contribution is 5.86. The Morgan fingerprint density at radius 3 is 2.44 bits per heavy atom. The van der Waals surface area contributed by atoms with Crippen molar-refractivity contribution in [1.82, 2.24) is 4.98 Å². The van der Waals surface area contributed by atoms with Crippen LogP contribution in [0.2, 0.25) is 0 Å². The van der Waals surface area contributed by atoms with Gasteiger partial charge in [-0.2, -0.15) is 0 Å². The molecule has 0 saturated carbocycles. The summed E-state index contributed by atoms with van der Waals surface area (Å²) in [5.74, 6) is 1.66. The number of methoxy groups -OCH3 is 2. The number of fused-ring (bicyclic) bond motifs is 1. The third-order valence-electron chi connectivity index (χ3n) is 2.33. The molecule has 3 nitrogen and oxygen atoms in total. The van der Waals surface area contributed by atoms with Crippen LogP contribution >= 0.6 is 12.4 Å². The zero-order valence-electron chi connectivity index (χ0n) is 9.48. The van der Waals surface area contributed by atoms with Crippen molar-refractivity contribution >= 4 is 23.3 Å². The standard InChI is InChI=1S/C12H13NO2.ClH/c1-8-6-12(15-3)10-5-4-9(14-2)7-11(10)13-8;/h4-7H,1-3H3;1H. The monoisotopic (exact) mass is 239 g/mol. The van der Waals surface area contributed by atoms with E-state index in [0.29, 0.717) is 0 Å². The quantitative estimate of drug-likeness (QED) is 0.808. The van der Waals surface area contributed by atoms with Crippen LogP contribution in [0.5, 0.6) is 11.5 Å². The lowest BCUT2D eigenvalue weighted by molar-refractivity contribution is 0.414. The minimum Gasteiger partial charge on any atom is -0.497 e. The maximum absolute atomic E-state index is 5.30. The average molecular weight is 240 g/mol. The normalized spacial score (nSPS) is 9.69. The molecule has 1 aromatic heterocycles. The molecule has 1 heterocycles. The second-order valence-corrected chi connectivity index (χ2v) is 3.35. The molecular formula is C12H14ClNO2. The molecular weight excluding hydrogens is 226 g/mol. The summed E-state index contributed by atoms with van der Waals surface area (Å²) < 4.78 is 10.5. The second-order valence-electron chi connectivity index (χ2n) is 3.35. The lowest BCUT2D eigenvalue weighted by atomic mass is 10.2. The van der Waals surface area contributed by atoms with Crippen LogP contribution < -0.4 is 9.47 Å². The van der Waals surface area contributed by atoms with E-state index in [-0.39, 0.29) is 12.4 Å². The lowest BCUT2D eigenvalue weighted by Gasteiger charge is -2.07. The molecule has 0 radical (unpaired) electrons. The molecule has 0 saturated heterocycles. The molecule has 0 fully saturated rings. The summed E-state index contributed by atoms with van der Waals surface area (Å²) in [5.41, 5.74) is 1.83. The van der Waals surface area contributed by atoms with Gasteiger partial charge in [-0.05, 0) is 19.1 Å². The number of ether oxygens (including phenoxy) is 2. The molecule has 0 amide bonds. The summed E-state index contributed by atoms with van der Waals surface area (Å²) in [7, 11) is 3.31. The summed E-state index contributed by atoms with van der Waals surface area (Å²) in [4.78, 5) is 4.43. The van der Waals surface area contributed by atoms with Gasteiger partial charge in [-0.3, -0.25) is 4.98 Å². The molecule has 0 bridgehead atoms. The Bertz CT molecular complexity index is 500. The van der Waals surface area contributed by atoms with Gasteiger partial charge in [0.25, 0.3) is 0 Å². The zero-order chi connectivity index (χ0) is 10.8. The molecule has 1 aromatic carbocycles. The second kappa shape index (κ2) is 5.03. The van der Waals surface area contributed by atoms with E-state index in [9.17, 15) is 0 Å². The van der Waals surface area contributed by atoms with Gasteiger partial charge >= 0.3 is 0 Å². The highest BCUT2D eigenvalue weighted by Gasteiger charge is 2.04. The Kier molecular flexibility index (Phi) is 3.96. The largest absolute Gasteiger partial charge is 0.497 e. The van der Waals surface area contributed by atoms with E-state index in [1.807, 2.05) is 31.2 Å². The molecule has 0 aliphatic rings. The third kappa shape index (κ3) is 2.19. The maximum atomic E-state index is 5.30. The third-order valence-corrected chi connectivity index (χ3v) is 2.33. The van der Waals surface area contributed by atoms with Gasteiger partial charge in [0.2, 0.25) is 0 Å². The van der Waals surface area contributed by atoms with Crippen LogP contribution in [0, 0.1) is 6.92 Å². The SMILES string of the molecule is COc1ccc2c(OC)cc(C)nc2c1.Cl. The van der Waals surface area contributed by atoms with Crippen LogP contribution in [0.4, 0.5) is 0 Å². The molecule has 0 unspecified atom stereocenters. The smallest absolute Gasteiger partial charge is 0.130 e. The first-order chi connectivity index (χ1) is 7.24. The Hall–Kier alpha value is -1.48. The molecule has 2 rings (SSSR count). The van der Waals surface area contributed by atoms with Gasteiger partial charge in [0.15, 0.2) is 0 Å². The molecule has 86 valence electrons. The minimum atomic E-state index is 0. The number of halogens is 1. The lowest BCUT2D eigenvalue weighted by Crippen LogP contribution is -1.91. The molecule has 0 aliphatic heterocycles. The van der Waals surface area contributed by atoms with Crippen molar-refractivity contribution in [2.75, 3.05) is 14.2 Å². The summed E-state index contributed by atoms with van der Waals surface area (Å²) in [6, 6.07) is 7.70. The minimum absolute atomic E-state index is 0. The summed E-state index contributed by atoms with van der Waals surface area (Å²) in [5, 5.41) is 1.00. The molecule has 16 heavy (non-hydrogen) atoms. The molecule has 0 spiro atoms. The highest BCUT2D eigenvalue weighted by Crippen LogP contribution is 2.27. The Morgan fingerprint density at radius 1 is 1.06 bits per heavy atom. The molecule has 2 aromatic rings. The van der Waals surface area contributed by atoms with E-state index in [4.69, 9.17) is 9.47 Å². The van der Waals surface area contributed by atoms with Crippen LogP contribution in [-0.2, 0) is 0 Å². The van der Waals surface area contributed by atoms with Gasteiger partial charge in [0.1, 0.15) is 11.5 Å². The number of aromatic nitrogens is 1. The number of hydrogen-bond acceptors (Lipinski definition) is 3. The fourth-order valence-electron chi connectivity index (χ4n) is 1.60. The number of benzene rings is 1. The van der Waals surface area contributed by atoms with Crippen molar-refractivity contribution in [3.63, 3.8) is 0 Å². The fraction of sp³-hybridized carbons (Fsp3) is 0.250. The summed E-state index contributed by atoms with van der Waals surface area (Å²) >= 11 is 0. The van der Waals surface area contributed by atoms with Crippen LogP contribution in [0.25, 0.3) is 10.9 Å². The number of rotatable bonds is 2. The summed E-state index contributed by atoms with van der Waals surface area (Å²) in [6.45, 7) is 1.95. The van der Waals surface area contributed by atoms with E-state index in [0.717, 1.165) is 28.1 Å². The summed E-state index contributed by atoms with van der Waals surface area (Å²) in [6.07, 6.45) is 0. The topological polar surface area (TPSA) is 31.4 Å². The highest BCUT2D eigenvalue weighted by atomic mass is 35.5. The van der Waals surface area contributed by atoms with E-state index in [1.165, 1.54) is 0 Å². The molecule has 0 atom stereocenters. The van der Waals surface area contributed by atoms with E-state index < -0.39 is 0 Å². The van der Waals surface area contributed by atoms with E-state index in [2.05, 4.69) is 4.98 Å². The van der Waals surface area contributed by atoms with Gasteiger partial charge in [0, 0.05) is 23.2 Å². The van der Waals surface area contributed by atoms with Crippen molar-refractivity contribution in [3.8, 4) is 11.5 Å². The zero-order valence-corrected chi connectivity index (χ0v) is 10.3. The number of aryl methyl sites for hydroxylation is 1. The van der Waals surface area contributed by atoms with Crippen molar-refractivity contribution in [2.45, 2.75) is 6.92 Å². The molecule has 0 N–H and O–H groups in total. The predicted octanol–water partition coefficient (Wildman–Crippen LogP) is 2.98. The number of pyridine rings is 1. The molecule has 4 heteroatoms. The fourth-order valence-corrected chi connectivity index (χ4v) is 1.60. The van der Waals surface area contributed by atoms with Gasteiger partial charge in [0.05, 0.1) is 19.7 Å². The first kappa shape index (κ1) is 12.6. The maximum Gasteiger partial charge on any atom is 0.130 e. The Labute approximate surface area is 101 Å². The van der Waals surface area contributed by atoms with Crippen molar-refractivity contribution in [2.24, 2.45) is 0 Å². The Morgan fingerprint density at radius 2 is 1.81 bits per heavy atom. The van der Waals surface area contributed by atoms with Crippen molar-refractivity contribution in [1.29, 1.82) is 0 Å². The van der Waals surface area contributed by atoms with Crippen LogP contribution in [0.1, 0.15) is 5.69 Å². The van der Waals surface area contributed by atoms with E-state index >= 15 is 0 Å². The van der Waals surface area contributed by atoms with Gasteiger partial charge in [-0.15, -0.1) is 12.4 Å². The first-order valence-corrected chi connectivity index (χ1v) is 4.74. The van der Waals surface area contributed by atoms with Crippen LogP contribution in [0.3, 0.4) is 0 Å². The Balaban J connectivity index is 0.00000128. The number of hydrogen-bond donors (Lipinski definition) is 0. The van der Waals surface area contributed by atoms with Crippen LogP contribution in [0.15, 0.2) is 24.3 Å². The first-order valence-electron chi connectivity index (χ1n) is 4.74. The van der Waals surface area contributed by atoms with Crippen LogP contribution in [-0.4, -0.2) is 19.2 Å². The number of nitrogens with zero attached hydrogens (tertiary/aromatic N) is 1. The van der Waals surface area contributed by atoms with Gasteiger partial charge in [-0.25, -0.2) is 0 Å². The predicted molar refractivity (Wildman–Crippen MR) is 66.8 cm³/mol. The van der Waals surface area contributed by atoms with Gasteiger partial charge in [-0.1, -0.05) is 0 Å². The van der Waals surface area contributed by atoms with Crippen molar-refractivity contribution in [3.05, 3.63) is 30.0 Å². The molecule has 0 aliphatic carbocycles. The van der Waals surface area contributed by atoms with Crippen molar-refractivity contribution < 1.29 is 9.47 Å². The van der Waals surface area contributed by atoms with Gasteiger partial charge < -0.3 is 9.47 Å². The average Bonchev–Trinajstić information content (AvgIpc) is 2.26.